The number of carbonyl (C=O) groups excluding carboxylic acids is 1. The lowest BCUT2D eigenvalue weighted by Gasteiger charge is -2.06. The van der Waals surface area contributed by atoms with E-state index in [9.17, 15) is 13.2 Å². The van der Waals surface area contributed by atoms with E-state index in [0.717, 1.165) is 11.3 Å². The predicted octanol–water partition coefficient (Wildman–Crippen LogP) is 1.87. The highest BCUT2D eigenvalue weighted by Gasteiger charge is 2.22. The van der Waals surface area contributed by atoms with Crippen LogP contribution in [0.25, 0.3) is 0 Å². The average Bonchev–Trinajstić information content (AvgIpc) is 2.86. The molecule has 1 N–H and O–H groups in total. The molecule has 1 aromatic heterocycles. The van der Waals surface area contributed by atoms with Crippen LogP contribution in [0.3, 0.4) is 0 Å². The van der Waals surface area contributed by atoms with Gasteiger partial charge in [-0.3, -0.25) is 4.79 Å². The van der Waals surface area contributed by atoms with Crippen LogP contribution in [-0.4, -0.2) is 32.2 Å². The third-order valence-electron chi connectivity index (χ3n) is 2.54. The molecule has 0 saturated heterocycles. The van der Waals surface area contributed by atoms with Crippen molar-refractivity contribution in [3.8, 4) is 5.75 Å². The monoisotopic (exact) mass is 326 g/mol. The van der Waals surface area contributed by atoms with E-state index in [4.69, 9.17) is 4.74 Å². The van der Waals surface area contributed by atoms with Crippen LogP contribution in [0, 0.1) is 6.92 Å². The van der Waals surface area contributed by atoms with E-state index >= 15 is 0 Å². The highest BCUT2D eigenvalue weighted by atomic mass is 32.2. The number of amides is 1. The molecule has 0 aliphatic carbocycles. The second-order valence-corrected chi connectivity index (χ2v) is 7.32. The molecule has 0 aliphatic rings. The summed E-state index contributed by atoms with van der Waals surface area (Å²) in [6.07, 6.45) is 0. The lowest BCUT2D eigenvalue weighted by molar-refractivity contribution is -0.113. The van der Waals surface area contributed by atoms with Crippen LogP contribution < -0.4 is 10.1 Å². The van der Waals surface area contributed by atoms with Gasteiger partial charge in [0, 0.05) is 22.8 Å². The Balaban J connectivity index is 2.07. The number of ether oxygens (including phenoxy) is 1. The largest absolute Gasteiger partial charge is 0.497 e. The highest BCUT2D eigenvalue weighted by molar-refractivity contribution is 7.94. The number of thiazole rings is 1. The highest BCUT2D eigenvalue weighted by Crippen LogP contribution is 2.19. The number of carbonyl (C=O) groups is 1. The van der Waals surface area contributed by atoms with Gasteiger partial charge in [-0.25, -0.2) is 13.4 Å². The molecule has 21 heavy (non-hydrogen) atoms. The molecular formula is C13H14N2O4S2. The number of hydrogen-bond donors (Lipinski definition) is 1. The van der Waals surface area contributed by atoms with E-state index in [1.54, 1.807) is 36.6 Å². The minimum Gasteiger partial charge on any atom is -0.497 e. The Morgan fingerprint density at radius 2 is 2.19 bits per heavy atom. The first-order valence-electron chi connectivity index (χ1n) is 5.99. The van der Waals surface area contributed by atoms with Gasteiger partial charge in [-0.05, 0) is 19.1 Å². The zero-order chi connectivity index (χ0) is 15.5. The van der Waals surface area contributed by atoms with Gasteiger partial charge < -0.3 is 10.1 Å². The van der Waals surface area contributed by atoms with Crippen molar-refractivity contribution in [2.24, 2.45) is 0 Å². The summed E-state index contributed by atoms with van der Waals surface area (Å²) in [5, 5.41) is 4.16. The molecule has 0 spiro atoms. The molecule has 0 bridgehead atoms. The Labute approximate surface area is 126 Å². The Hall–Kier alpha value is -1.93. The van der Waals surface area contributed by atoms with E-state index in [-0.39, 0.29) is 4.34 Å². The predicted molar refractivity (Wildman–Crippen MR) is 80.5 cm³/mol. The molecule has 0 atom stereocenters. The SMILES string of the molecule is COc1cccc(NC(=O)CS(=O)(=O)c2nc(C)cs2)c1. The molecule has 0 radical (unpaired) electrons. The van der Waals surface area contributed by atoms with Crippen molar-refractivity contribution in [1.29, 1.82) is 0 Å². The summed E-state index contributed by atoms with van der Waals surface area (Å²) in [7, 11) is -2.20. The summed E-state index contributed by atoms with van der Waals surface area (Å²) in [5.41, 5.74) is 1.09. The molecule has 8 heteroatoms. The maximum Gasteiger partial charge on any atom is 0.240 e. The number of nitrogens with one attached hydrogen (secondary N) is 1. The van der Waals surface area contributed by atoms with E-state index in [2.05, 4.69) is 10.3 Å². The maximum atomic E-state index is 12.0. The lowest BCUT2D eigenvalue weighted by atomic mass is 10.3. The fourth-order valence-corrected chi connectivity index (χ4v) is 3.86. The molecule has 1 aromatic carbocycles. The van der Waals surface area contributed by atoms with E-state index in [0.29, 0.717) is 17.1 Å². The van der Waals surface area contributed by atoms with Gasteiger partial charge >= 0.3 is 0 Å². The molecule has 0 saturated carbocycles. The van der Waals surface area contributed by atoms with Crippen molar-refractivity contribution < 1.29 is 17.9 Å². The first-order chi connectivity index (χ1) is 9.90. The van der Waals surface area contributed by atoms with Crippen molar-refractivity contribution in [3.05, 3.63) is 35.3 Å². The van der Waals surface area contributed by atoms with Gasteiger partial charge in [-0.15, -0.1) is 11.3 Å². The first-order valence-corrected chi connectivity index (χ1v) is 8.53. The number of aromatic nitrogens is 1. The van der Waals surface area contributed by atoms with Gasteiger partial charge in [0.2, 0.25) is 20.1 Å². The van der Waals surface area contributed by atoms with Crippen molar-refractivity contribution in [2.45, 2.75) is 11.3 Å². The van der Waals surface area contributed by atoms with E-state index < -0.39 is 21.5 Å². The second-order valence-electron chi connectivity index (χ2n) is 4.29. The molecule has 0 fully saturated rings. The summed E-state index contributed by atoms with van der Waals surface area (Å²) in [6, 6.07) is 6.69. The molecule has 1 heterocycles. The number of benzene rings is 1. The van der Waals surface area contributed by atoms with Gasteiger partial charge in [0.25, 0.3) is 0 Å². The van der Waals surface area contributed by atoms with Crippen LogP contribution in [0.5, 0.6) is 5.75 Å². The fourth-order valence-electron chi connectivity index (χ4n) is 1.61. The second kappa shape index (κ2) is 6.23. The summed E-state index contributed by atoms with van der Waals surface area (Å²) in [5.74, 6) is -0.681. The molecule has 2 aromatic rings. The van der Waals surface area contributed by atoms with Gasteiger partial charge in [0.05, 0.1) is 7.11 Å². The third kappa shape index (κ3) is 4.02. The Morgan fingerprint density at radius 3 is 2.81 bits per heavy atom. The van der Waals surface area contributed by atoms with Crippen LogP contribution in [0.15, 0.2) is 34.0 Å². The number of sulfone groups is 1. The standard InChI is InChI=1S/C13H14N2O4S2/c1-9-7-20-13(14-9)21(17,18)8-12(16)15-10-4-3-5-11(6-10)19-2/h3-7H,8H2,1-2H3,(H,15,16). The van der Waals surface area contributed by atoms with Crippen molar-refractivity contribution in [2.75, 3.05) is 18.2 Å². The molecule has 2 rings (SSSR count). The summed E-state index contributed by atoms with van der Waals surface area (Å²) >= 11 is 1.01. The fraction of sp³-hybridized carbons (Fsp3) is 0.231. The number of aryl methyl sites for hydroxylation is 1. The topological polar surface area (TPSA) is 85.4 Å². The number of hydrogen-bond acceptors (Lipinski definition) is 6. The smallest absolute Gasteiger partial charge is 0.240 e. The number of methoxy groups -OCH3 is 1. The zero-order valence-corrected chi connectivity index (χ0v) is 13.1. The average molecular weight is 326 g/mol. The van der Waals surface area contributed by atoms with Crippen molar-refractivity contribution in [3.63, 3.8) is 0 Å². The van der Waals surface area contributed by atoms with Gasteiger partial charge in [-0.1, -0.05) is 6.07 Å². The minimum absolute atomic E-state index is 0.0409. The quantitative estimate of drug-likeness (QED) is 0.906. The zero-order valence-electron chi connectivity index (χ0n) is 11.5. The van der Waals surface area contributed by atoms with Crippen molar-refractivity contribution >= 4 is 32.8 Å². The van der Waals surface area contributed by atoms with Gasteiger partial charge in [-0.2, -0.15) is 0 Å². The van der Waals surface area contributed by atoms with Gasteiger partial charge in [0.15, 0.2) is 0 Å². The third-order valence-corrected chi connectivity index (χ3v) is 5.61. The van der Waals surface area contributed by atoms with Crippen LogP contribution in [0.2, 0.25) is 0 Å². The molecule has 1 amide bonds. The van der Waals surface area contributed by atoms with Crippen LogP contribution >= 0.6 is 11.3 Å². The number of nitrogens with zero attached hydrogens (tertiary/aromatic N) is 1. The molecular weight excluding hydrogens is 312 g/mol. The Morgan fingerprint density at radius 1 is 1.43 bits per heavy atom. The number of rotatable bonds is 5. The lowest BCUT2D eigenvalue weighted by Crippen LogP contribution is -2.23. The maximum absolute atomic E-state index is 12.0. The van der Waals surface area contributed by atoms with E-state index in [1.807, 2.05) is 0 Å². The van der Waals surface area contributed by atoms with Crippen LogP contribution in [-0.2, 0) is 14.6 Å². The summed E-state index contributed by atoms with van der Waals surface area (Å²) in [4.78, 5) is 15.8. The Bertz CT molecular complexity index is 753. The van der Waals surface area contributed by atoms with Crippen LogP contribution in [0.1, 0.15) is 5.69 Å². The van der Waals surface area contributed by atoms with Crippen molar-refractivity contribution in [1.82, 2.24) is 4.98 Å². The van der Waals surface area contributed by atoms with Crippen LogP contribution in [0.4, 0.5) is 5.69 Å². The Kier molecular flexibility index (Phi) is 4.59. The van der Waals surface area contributed by atoms with Gasteiger partial charge in [0.1, 0.15) is 11.5 Å². The molecule has 0 unspecified atom stereocenters. The number of anilines is 1. The molecule has 112 valence electrons. The minimum atomic E-state index is -3.71. The molecule has 6 nitrogen and oxygen atoms in total. The van der Waals surface area contributed by atoms with E-state index in [1.165, 1.54) is 7.11 Å². The summed E-state index contributed by atoms with van der Waals surface area (Å²) in [6.45, 7) is 1.70. The normalized spacial score (nSPS) is 11.1. The first kappa shape index (κ1) is 15.5. The molecule has 0 aliphatic heterocycles. The summed E-state index contributed by atoms with van der Waals surface area (Å²) < 4.78 is 29.1.